The van der Waals surface area contributed by atoms with E-state index in [1.165, 1.54) is 12.1 Å². The Morgan fingerprint density at radius 1 is 1.41 bits per heavy atom. The molecule has 0 atom stereocenters. The van der Waals surface area contributed by atoms with Gasteiger partial charge in [-0.05, 0) is 18.2 Å². The molecule has 0 bridgehead atoms. The van der Waals surface area contributed by atoms with Crippen molar-refractivity contribution in [2.24, 2.45) is 5.73 Å². The molecule has 0 heterocycles. The van der Waals surface area contributed by atoms with E-state index in [1.807, 2.05) is 0 Å². The van der Waals surface area contributed by atoms with E-state index in [2.05, 4.69) is 4.99 Å². The van der Waals surface area contributed by atoms with Gasteiger partial charge in [0, 0.05) is 0 Å². The van der Waals surface area contributed by atoms with Gasteiger partial charge in [-0.25, -0.2) is 0 Å². The number of rotatable bonds is 3. The third-order valence-corrected chi connectivity index (χ3v) is 1.92. The Balaban J connectivity index is 3.00. The number of hydrogen-bond acceptors (Lipinski definition) is 2. The van der Waals surface area contributed by atoms with Crippen molar-refractivity contribution in [2.45, 2.75) is 6.18 Å². The molecule has 7 heteroatoms. The Kier molecular flexibility index (Phi) is 3.72. The van der Waals surface area contributed by atoms with Gasteiger partial charge in [0.25, 0.3) is 5.84 Å². The summed E-state index contributed by atoms with van der Waals surface area (Å²) in [5.41, 5.74) is 4.62. The molecule has 0 aromatic heterocycles. The predicted molar refractivity (Wildman–Crippen MR) is 50.6 cm³/mol. The Morgan fingerprint density at radius 3 is 2.59 bits per heavy atom. The van der Waals surface area contributed by atoms with Crippen LogP contribution in [0.2, 0.25) is 0 Å². The predicted octanol–water partition coefficient (Wildman–Crippen LogP) is -1.76. The van der Waals surface area contributed by atoms with Crippen molar-refractivity contribution < 1.29 is 28.1 Å². The molecule has 0 aliphatic rings. The molecular formula is C10H9F3N2O2. The zero-order chi connectivity index (χ0) is 13.1. The number of aliphatic carboxylic acids is 1. The second-order valence-corrected chi connectivity index (χ2v) is 3.22. The minimum Gasteiger partial charge on any atom is -0.546 e. The number of carbonyl (C=O) groups is 1. The van der Waals surface area contributed by atoms with Gasteiger partial charge in [0.15, 0.2) is 0 Å². The molecule has 0 aliphatic carbocycles. The monoisotopic (exact) mass is 246 g/mol. The topological polar surface area (TPSA) is 80.1 Å². The lowest BCUT2D eigenvalue weighted by Gasteiger charge is -2.06. The van der Waals surface area contributed by atoms with Crippen LogP contribution in [0.1, 0.15) is 11.1 Å². The molecule has 1 rings (SSSR count). The molecule has 92 valence electrons. The van der Waals surface area contributed by atoms with Crippen LogP contribution in [0.25, 0.3) is 0 Å². The lowest BCUT2D eigenvalue weighted by atomic mass is 10.1. The first-order valence-electron chi connectivity index (χ1n) is 4.54. The molecule has 0 amide bonds. The van der Waals surface area contributed by atoms with E-state index in [-0.39, 0.29) is 11.4 Å². The third kappa shape index (κ3) is 3.78. The van der Waals surface area contributed by atoms with Gasteiger partial charge in [-0.2, -0.15) is 13.2 Å². The number of benzene rings is 1. The minimum atomic E-state index is -4.47. The van der Waals surface area contributed by atoms with Crippen molar-refractivity contribution >= 4 is 11.8 Å². The van der Waals surface area contributed by atoms with E-state index in [0.29, 0.717) is 0 Å². The fraction of sp³-hybridized carbons (Fsp3) is 0.200. The summed E-state index contributed by atoms with van der Waals surface area (Å²) in [5, 5.41) is 10.1. The van der Waals surface area contributed by atoms with Crippen molar-refractivity contribution in [1.29, 1.82) is 0 Å². The van der Waals surface area contributed by atoms with Gasteiger partial charge < -0.3 is 9.90 Å². The maximum Gasteiger partial charge on any atom is 0.416 e. The second-order valence-electron chi connectivity index (χ2n) is 3.22. The average molecular weight is 246 g/mol. The molecule has 1 aromatic carbocycles. The molecule has 1 aromatic rings. The summed E-state index contributed by atoms with van der Waals surface area (Å²) in [5.74, 6) is -1.56. The van der Waals surface area contributed by atoms with Crippen LogP contribution in [0.5, 0.6) is 0 Å². The largest absolute Gasteiger partial charge is 0.546 e. The van der Waals surface area contributed by atoms with E-state index < -0.39 is 24.3 Å². The highest BCUT2D eigenvalue weighted by molar-refractivity contribution is 5.93. The summed E-state index contributed by atoms with van der Waals surface area (Å²) < 4.78 is 37.1. The van der Waals surface area contributed by atoms with E-state index in [0.717, 1.165) is 12.1 Å². The quantitative estimate of drug-likeness (QED) is 0.490. The highest BCUT2D eigenvalue weighted by atomic mass is 19.4. The fourth-order valence-electron chi connectivity index (χ4n) is 1.13. The van der Waals surface area contributed by atoms with Crippen molar-refractivity contribution in [1.82, 2.24) is 0 Å². The van der Waals surface area contributed by atoms with E-state index in [9.17, 15) is 23.1 Å². The molecule has 0 saturated heterocycles. The Labute approximate surface area is 94.6 Å². The second kappa shape index (κ2) is 4.86. The van der Waals surface area contributed by atoms with Crippen molar-refractivity contribution in [3.63, 3.8) is 0 Å². The molecule has 0 unspecified atom stereocenters. The summed E-state index contributed by atoms with van der Waals surface area (Å²) in [6.45, 7) is -0.567. The molecule has 0 aliphatic heterocycles. The summed E-state index contributed by atoms with van der Waals surface area (Å²) >= 11 is 0. The van der Waals surface area contributed by atoms with Crippen LogP contribution >= 0.6 is 0 Å². The highest BCUT2D eigenvalue weighted by Crippen LogP contribution is 2.29. The van der Waals surface area contributed by atoms with Gasteiger partial charge in [0.2, 0.25) is 0 Å². The number of halogens is 3. The molecule has 0 fully saturated rings. The van der Waals surface area contributed by atoms with Crippen LogP contribution in [0.4, 0.5) is 13.2 Å². The first kappa shape index (κ1) is 13.0. The fourth-order valence-corrected chi connectivity index (χ4v) is 1.13. The Hall–Kier alpha value is -2.05. The summed E-state index contributed by atoms with van der Waals surface area (Å²) in [6, 6.07) is 4.26. The zero-order valence-corrected chi connectivity index (χ0v) is 8.54. The maximum atomic E-state index is 12.4. The Morgan fingerprint density at radius 2 is 2.06 bits per heavy atom. The smallest absolute Gasteiger partial charge is 0.416 e. The number of nitrogens with two attached hydrogens (primary N) is 1. The van der Waals surface area contributed by atoms with E-state index in [1.54, 1.807) is 0 Å². The molecule has 0 radical (unpaired) electrons. The number of nitrogens with one attached hydrogen (secondary N) is 1. The molecule has 17 heavy (non-hydrogen) atoms. The van der Waals surface area contributed by atoms with Gasteiger partial charge >= 0.3 is 6.18 Å². The van der Waals surface area contributed by atoms with Crippen LogP contribution in [0.3, 0.4) is 0 Å². The molecule has 0 spiro atoms. The molecule has 3 N–H and O–H groups in total. The van der Waals surface area contributed by atoms with Crippen molar-refractivity contribution in [3.8, 4) is 0 Å². The van der Waals surface area contributed by atoms with Crippen LogP contribution in [0, 0.1) is 0 Å². The van der Waals surface area contributed by atoms with Gasteiger partial charge in [-0.15, -0.1) is 0 Å². The van der Waals surface area contributed by atoms with Crippen LogP contribution in [0.15, 0.2) is 24.3 Å². The normalized spacial score (nSPS) is 12.5. The molecule has 0 saturated carbocycles. The number of carboxylic acid groups (broad SMARTS) is 1. The number of carbonyl (C=O) groups excluding carboxylic acids is 1. The number of amidine groups is 1. The SMILES string of the molecule is NC(=[NH+]CC(=O)[O-])c1cccc(C(F)(F)F)c1. The van der Waals surface area contributed by atoms with Crippen LogP contribution in [-0.4, -0.2) is 18.3 Å². The average Bonchev–Trinajstić information content (AvgIpc) is 2.25. The van der Waals surface area contributed by atoms with Gasteiger partial charge in [-0.3, -0.25) is 10.7 Å². The number of alkyl halides is 3. The van der Waals surface area contributed by atoms with Crippen LogP contribution < -0.4 is 15.8 Å². The maximum absolute atomic E-state index is 12.4. The van der Waals surface area contributed by atoms with Gasteiger partial charge in [0.05, 0.1) is 17.1 Å². The minimum absolute atomic E-state index is 0.0704. The lowest BCUT2D eigenvalue weighted by Crippen LogP contribution is -2.78. The van der Waals surface area contributed by atoms with Crippen molar-refractivity contribution in [3.05, 3.63) is 35.4 Å². The Bertz CT molecular complexity index is 455. The standard InChI is InChI=1S/C10H9F3N2O2/c11-10(12,13)7-3-1-2-6(4-7)9(14)15-5-8(16)17/h1-4H,5H2,(H2,14,15)(H,16,17). The van der Waals surface area contributed by atoms with Crippen LogP contribution in [-0.2, 0) is 11.0 Å². The number of carboxylic acids is 1. The van der Waals surface area contributed by atoms with E-state index in [4.69, 9.17) is 5.73 Å². The number of nitrogen functional groups attached to an aromatic ring is 1. The first-order chi connectivity index (χ1) is 7.80. The molecule has 4 nitrogen and oxygen atoms in total. The third-order valence-electron chi connectivity index (χ3n) is 1.92. The first-order valence-corrected chi connectivity index (χ1v) is 4.54. The summed E-state index contributed by atoms with van der Waals surface area (Å²) in [6.07, 6.45) is -4.47. The summed E-state index contributed by atoms with van der Waals surface area (Å²) in [7, 11) is 0. The van der Waals surface area contributed by atoms with Gasteiger partial charge in [0.1, 0.15) is 6.54 Å². The molecular weight excluding hydrogens is 237 g/mol. The number of hydrogen-bond donors (Lipinski definition) is 2. The summed E-state index contributed by atoms with van der Waals surface area (Å²) in [4.78, 5) is 12.4. The van der Waals surface area contributed by atoms with E-state index >= 15 is 0 Å². The zero-order valence-electron chi connectivity index (χ0n) is 8.54. The van der Waals surface area contributed by atoms with Gasteiger partial charge in [-0.1, -0.05) is 6.07 Å². The highest BCUT2D eigenvalue weighted by Gasteiger charge is 2.30. The lowest BCUT2D eigenvalue weighted by molar-refractivity contribution is -0.464. The van der Waals surface area contributed by atoms with Crippen molar-refractivity contribution in [2.75, 3.05) is 6.54 Å².